The van der Waals surface area contributed by atoms with E-state index in [9.17, 15) is 14.0 Å². The normalized spacial score (nSPS) is 27.7. The Hall–Kier alpha value is -3.23. The molecule has 5 rings (SSSR count). The van der Waals surface area contributed by atoms with Gasteiger partial charge in [0.25, 0.3) is 0 Å². The van der Waals surface area contributed by atoms with Gasteiger partial charge in [-0.2, -0.15) is 0 Å². The summed E-state index contributed by atoms with van der Waals surface area (Å²) >= 11 is 0. The van der Waals surface area contributed by atoms with E-state index in [1.54, 1.807) is 18.2 Å². The minimum atomic E-state index is -0.334. The van der Waals surface area contributed by atoms with Gasteiger partial charge in [0.05, 0.1) is 6.61 Å². The average molecular weight is 485 g/mol. The maximum absolute atomic E-state index is 13.9. The van der Waals surface area contributed by atoms with Crippen molar-refractivity contribution in [2.24, 2.45) is 11.8 Å². The highest BCUT2D eigenvalue weighted by Gasteiger charge is 2.30. The van der Waals surface area contributed by atoms with Crippen LogP contribution in [0.4, 0.5) is 4.39 Å². The number of allylic oxidation sites excluding steroid dienone is 9. The highest BCUT2D eigenvalue weighted by molar-refractivity contribution is 6.00. The lowest BCUT2D eigenvalue weighted by atomic mass is 9.72. The zero-order valence-electron chi connectivity index (χ0n) is 20.9. The van der Waals surface area contributed by atoms with Crippen LogP contribution >= 0.6 is 0 Å². The van der Waals surface area contributed by atoms with Crippen LogP contribution < -0.4 is 0 Å². The van der Waals surface area contributed by atoms with E-state index in [1.165, 1.54) is 11.6 Å². The first-order valence-electron chi connectivity index (χ1n) is 13.1. The predicted octanol–water partition coefficient (Wildman–Crippen LogP) is 7.02. The average Bonchev–Trinajstić information content (AvgIpc) is 3.07. The molecule has 1 saturated heterocycles. The smallest absolute Gasteiger partial charge is 0.306 e. The van der Waals surface area contributed by atoms with E-state index in [0.29, 0.717) is 43.3 Å². The summed E-state index contributed by atoms with van der Waals surface area (Å²) in [5.41, 5.74) is 7.80. The monoisotopic (exact) mass is 484 g/mol. The number of cyclic esters (lactones) is 1. The summed E-state index contributed by atoms with van der Waals surface area (Å²) in [5.74, 6) is 0.838. The number of benzene rings is 1. The lowest BCUT2D eigenvalue weighted by Crippen LogP contribution is -2.23. The van der Waals surface area contributed by atoms with E-state index in [2.05, 4.69) is 30.9 Å². The first kappa shape index (κ1) is 24.5. The number of ketones is 1. The number of hydrogen-bond acceptors (Lipinski definition) is 3. The van der Waals surface area contributed by atoms with Crippen LogP contribution in [0.1, 0.15) is 63.9 Å². The molecule has 0 N–H and O–H groups in total. The molecule has 4 aliphatic rings. The molecule has 1 aromatic rings. The fourth-order valence-corrected chi connectivity index (χ4v) is 5.90. The van der Waals surface area contributed by atoms with Crippen LogP contribution in [0.5, 0.6) is 0 Å². The Morgan fingerprint density at radius 1 is 1.22 bits per heavy atom. The Balaban J connectivity index is 1.23. The summed E-state index contributed by atoms with van der Waals surface area (Å²) in [7, 11) is 0. The van der Waals surface area contributed by atoms with Crippen molar-refractivity contribution in [3.8, 4) is 0 Å². The van der Waals surface area contributed by atoms with Gasteiger partial charge in [0.15, 0.2) is 5.78 Å². The number of ether oxygens (including phenoxy) is 1. The molecule has 0 aromatic heterocycles. The molecule has 36 heavy (non-hydrogen) atoms. The van der Waals surface area contributed by atoms with Gasteiger partial charge in [-0.1, -0.05) is 42.9 Å². The van der Waals surface area contributed by atoms with Crippen LogP contribution in [-0.4, -0.2) is 18.4 Å². The lowest BCUT2D eigenvalue weighted by Gasteiger charge is -2.31. The van der Waals surface area contributed by atoms with Crippen molar-refractivity contribution in [1.29, 1.82) is 0 Å². The number of rotatable bonds is 6. The number of Topliss-reactive ketones (excluding diaryl/α,β-unsaturated/α-hetero) is 1. The highest BCUT2D eigenvalue weighted by Crippen LogP contribution is 2.40. The summed E-state index contributed by atoms with van der Waals surface area (Å²) in [5, 5.41) is 0. The minimum Gasteiger partial charge on any atom is -0.466 e. The third kappa shape index (κ3) is 5.60. The summed E-state index contributed by atoms with van der Waals surface area (Å²) < 4.78 is 19.0. The van der Waals surface area contributed by atoms with Crippen molar-refractivity contribution in [3.63, 3.8) is 0 Å². The first-order chi connectivity index (χ1) is 17.4. The topological polar surface area (TPSA) is 43.4 Å². The van der Waals surface area contributed by atoms with E-state index < -0.39 is 0 Å². The van der Waals surface area contributed by atoms with Gasteiger partial charge in [-0.3, -0.25) is 9.59 Å². The molecule has 0 bridgehead atoms. The Morgan fingerprint density at radius 3 is 2.89 bits per heavy atom. The lowest BCUT2D eigenvalue weighted by molar-refractivity contribution is -0.149. The largest absolute Gasteiger partial charge is 0.466 e. The second kappa shape index (κ2) is 10.4. The molecular weight excluding hydrogens is 451 g/mol. The molecule has 186 valence electrons. The number of halogens is 1. The summed E-state index contributed by atoms with van der Waals surface area (Å²) in [6.07, 6.45) is 18.9. The van der Waals surface area contributed by atoms with Crippen LogP contribution in [-0.2, 0) is 19.7 Å². The Labute approximate surface area is 212 Å². The van der Waals surface area contributed by atoms with Gasteiger partial charge in [0, 0.05) is 23.8 Å². The molecule has 3 atom stereocenters. The van der Waals surface area contributed by atoms with Crippen molar-refractivity contribution >= 4 is 11.8 Å². The van der Waals surface area contributed by atoms with E-state index in [1.807, 2.05) is 18.2 Å². The number of esters is 1. The van der Waals surface area contributed by atoms with Gasteiger partial charge in [-0.25, -0.2) is 4.39 Å². The van der Waals surface area contributed by atoms with E-state index in [0.717, 1.165) is 48.8 Å². The van der Waals surface area contributed by atoms with E-state index >= 15 is 0 Å². The summed E-state index contributed by atoms with van der Waals surface area (Å²) in [6.45, 7) is 2.66. The number of carbonyl (C=O) groups is 2. The number of carbonyl (C=O) groups excluding carboxylic acids is 2. The molecule has 1 fully saturated rings. The van der Waals surface area contributed by atoms with Gasteiger partial charge < -0.3 is 4.74 Å². The zero-order chi connectivity index (χ0) is 25.1. The van der Waals surface area contributed by atoms with Gasteiger partial charge in [-0.15, -0.1) is 5.73 Å². The van der Waals surface area contributed by atoms with Gasteiger partial charge in [0.2, 0.25) is 0 Å². The standard InChI is InChI=1S/C32H33FO3/c1-32(28-6-3-7-29(33)20-28)14-12-25-4-2-5-26(19-27(25)21-32)30(34)17-23-10-8-22(9-11-23)16-24-13-15-36-31(35)18-24/h3-7,10,12,14,19-20,22,24H,8-9,11,13,15-18,21H2,1H3/t22-,24?,32-/m1/s1. The first-order valence-corrected chi connectivity index (χ1v) is 13.1. The van der Waals surface area contributed by atoms with Crippen LogP contribution in [0.2, 0.25) is 0 Å². The Bertz CT molecular complexity index is 1250. The third-order valence-electron chi connectivity index (χ3n) is 8.09. The van der Waals surface area contributed by atoms with Crippen LogP contribution in [0.3, 0.4) is 0 Å². The van der Waals surface area contributed by atoms with Crippen LogP contribution in [0, 0.1) is 17.7 Å². The van der Waals surface area contributed by atoms with Crippen molar-refractivity contribution < 1.29 is 18.7 Å². The van der Waals surface area contributed by atoms with Crippen molar-refractivity contribution in [2.75, 3.05) is 6.61 Å². The fourth-order valence-electron chi connectivity index (χ4n) is 5.90. The quantitative estimate of drug-likeness (QED) is 0.248. The Morgan fingerprint density at radius 2 is 2.11 bits per heavy atom. The molecule has 1 aromatic carbocycles. The van der Waals surface area contributed by atoms with Crippen molar-refractivity contribution in [3.05, 3.63) is 100 Å². The molecule has 3 aliphatic carbocycles. The van der Waals surface area contributed by atoms with Gasteiger partial charge in [0.1, 0.15) is 5.82 Å². The summed E-state index contributed by atoms with van der Waals surface area (Å²) in [4.78, 5) is 24.8. The second-order valence-electron chi connectivity index (χ2n) is 10.9. The molecule has 0 saturated carbocycles. The Kier molecular flexibility index (Phi) is 7.07. The van der Waals surface area contributed by atoms with E-state index in [-0.39, 0.29) is 23.0 Å². The third-order valence-corrected chi connectivity index (χ3v) is 8.09. The maximum Gasteiger partial charge on any atom is 0.306 e. The van der Waals surface area contributed by atoms with Crippen LogP contribution in [0.15, 0.2) is 88.7 Å². The van der Waals surface area contributed by atoms with Crippen molar-refractivity contribution in [1.82, 2.24) is 0 Å². The molecule has 0 spiro atoms. The molecule has 0 amide bonds. The molecule has 1 unspecified atom stereocenters. The summed E-state index contributed by atoms with van der Waals surface area (Å²) in [6, 6.07) is 6.77. The molecule has 4 heteroatoms. The molecular formula is C32H33FO3. The van der Waals surface area contributed by atoms with Gasteiger partial charge >= 0.3 is 5.97 Å². The molecule has 1 heterocycles. The zero-order valence-corrected chi connectivity index (χ0v) is 20.9. The molecule has 0 radical (unpaired) electrons. The highest BCUT2D eigenvalue weighted by atomic mass is 19.1. The SMILES string of the molecule is C[C@@]1(c2cccc(F)c2)C=CC2=C(C=C(C(=O)CC3=CC[C@@H](CC4CCOC(=O)C4)CC3)C=C=C2)C1. The fraction of sp³-hybridized carbons (Fsp3) is 0.406. The van der Waals surface area contributed by atoms with Crippen LogP contribution in [0.25, 0.3) is 0 Å². The maximum atomic E-state index is 13.9. The minimum absolute atomic E-state index is 0.0642. The molecule has 1 aliphatic heterocycles. The van der Waals surface area contributed by atoms with Gasteiger partial charge in [-0.05, 0) is 97.4 Å². The number of hydrogen-bond donors (Lipinski definition) is 0. The van der Waals surface area contributed by atoms with E-state index in [4.69, 9.17) is 4.74 Å². The van der Waals surface area contributed by atoms with Crippen molar-refractivity contribution in [2.45, 2.75) is 63.7 Å². The second-order valence-corrected chi connectivity index (χ2v) is 10.9. The predicted molar refractivity (Wildman–Crippen MR) is 139 cm³/mol. The molecule has 3 nitrogen and oxygen atoms in total.